The van der Waals surface area contributed by atoms with E-state index in [1.165, 1.54) is 19.1 Å². The van der Waals surface area contributed by atoms with Gasteiger partial charge in [0.1, 0.15) is 6.26 Å². The van der Waals surface area contributed by atoms with E-state index in [0.717, 1.165) is 0 Å². The number of esters is 1. The average molecular weight is 239 g/mol. The minimum absolute atomic E-state index is 0.170. The first-order valence-corrected chi connectivity index (χ1v) is 5.83. The summed E-state index contributed by atoms with van der Waals surface area (Å²) in [6.07, 6.45) is 3.65. The zero-order valence-corrected chi connectivity index (χ0v) is 9.81. The summed E-state index contributed by atoms with van der Waals surface area (Å²) in [5.74, 6) is 0.123. The lowest BCUT2D eigenvalue weighted by Gasteiger charge is -2.13. The van der Waals surface area contributed by atoms with Gasteiger partial charge in [0.15, 0.2) is 5.69 Å². The molecule has 1 fully saturated rings. The molecule has 1 aromatic rings. The summed E-state index contributed by atoms with van der Waals surface area (Å²) in [6, 6.07) is 0.499. The number of rotatable bonds is 6. The Hall–Kier alpha value is -1.56. The van der Waals surface area contributed by atoms with Crippen LogP contribution in [0.3, 0.4) is 0 Å². The third-order valence-corrected chi connectivity index (χ3v) is 2.74. The molecule has 0 saturated heterocycles. The number of nitrogens with zero attached hydrogens (tertiary/aromatic N) is 1. The monoisotopic (exact) mass is 239 g/mol. The minimum atomic E-state index is -0.472. The van der Waals surface area contributed by atoms with Gasteiger partial charge < -0.3 is 20.2 Å². The van der Waals surface area contributed by atoms with Gasteiger partial charge in [-0.1, -0.05) is 0 Å². The summed E-state index contributed by atoms with van der Waals surface area (Å²) in [4.78, 5) is 15.4. The van der Waals surface area contributed by atoms with Crippen molar-refractivity contribution in [1.82, 2.24) is 4.98 Å². The second kappa shape index (κ2) is 5.18. The molecular formula is C11H17N3O3. The third-order valence-electron chi connectivity index (χ3n) is 2.74. The van der Waals surface area contributed by atoms with Crippen LogP contribution < -0.4 is 11.1 Å². The Balaban J connectivity index is 1.95. The van der Waals surface area contributed by atoms with Crippen molar-refractivity contribution in [1.29, 1.82) is 0 Å². The summed E-state index contributed by atoms with van der Waals surface area (Å²) in [5.41, 5.74) is 5.83. The molecule has 0 spiro atoms. The molecular weight excluding hydrogens is 222 g/mol. The van der Waals surface area contributed by atoms with E-state index in [2.05, 4.69) is 10.3 Å². The predicted molar refractivity (Wildman–Crippen MR) is 61.6 cm³/mol. The highest BCUT2D eigenvalue weighted by atomic mass is 16.5. The molecule has 2 rings (SSSR count). The molecule has 1 aromatic heterocycles. The van der Waals surface area contributed by atoms with Crippen LogP contribution in [0, 0.1) is 5.92 Å². The molecule has 1 unspecified atom stereocenters. The molecule has 0 aliphatic heterocycles. The van der Waals surface area contributed by atoms with Gasteiger partial charge in [0, 0.05) is 12.6 Å². The lowest BCUT2D eigenvalue weighted by atomic mass is 10.2. The molecule has 1 saturated carbocycles. The first-order chi connectivity index (χ1) is 8.24. The van der Waals surface area contributed by atoms with Crippen LogP contribution in [0.15, 0.2) is 10.7 Å². The molecule has 6 nitrogen and oxygen atoms in total. The van der Waals surface area contributed by atoms with Gasteiger partial charge in [0.05, 0.1) is 6.61 Å². The Labute approximate surface area is 99.5 Å². The number of carbonyl (C=O) groups is 1. The molecule has 94 valence electrons. The molecule has 1 aliphatic rings. The number of nitrogens with two attached hydrogens (primary N) is 1. The quantitative estimate of drug-likeness (QED) is 0.720. The van der Waals surface area contributed by atoms with Gasteiger partial charge >= 0.3 is 5.97 Å². The Bertz CT molecular complexity index is 387. The number of ether oxygens (including phenoxy) is 1. The van der Waals surface area contributed by atoms with Gasteiger partial charge in [0.25, 0.3) is 6.01 Å². The second-order valence-corrected chi connectivity index (χ2v) is 4.08. The highest BCUT2D eigenvalue weighted by molar-refractivity contribution is 5.87. The van der Waals surface area contributed by atoms with Crippen LogP contribution in [-0.4, -0.2) is 30.1 Å². The van der Waals surface area contributed by atoms with E-state index in [1.807, 2.05) is 0 Å². The van der Waals surface area contributed by atoms with Crippen LogP contribution in [0.25, 0.3) is 0 Å². The van der Waals surface area contributed by atoms with Crippen LogP contribution in [0.4, 0.5) is 6.01 Å². The highest BCUT2D eigenvalue weighted by Gasteiger charge is 2.31. The van der Waals surface area contributed by atoms with Gasteiger partial charge in [0.2, 0.25) is 0 Å². The fraction of sp³-hybridized carbons (Fsp3) is 0.636. The van der Waals surface area contributed by atoms with Gasteiger partial charge in [-0.05, 0) is 25.7 Å². The van der Waals surface area contributed by atoms with Crippen molar-refractivity contribution in [2.75, 3.05) is 18.5 Å². The number of anilines is 1. The molecule has 0 radical (unpaired) electrons. The van der Waals surface area contributed by atoms with Gasteiger partial charge in [-0.3, -0.25) is 0 Å². The van der Waals surface area contributed by atoms with E-state index in [4.69, 9.17) is 14.9 Å². The van der Waals surface area contributed by atoms with Gasteiger partial charge in [-0.15, -0.1) is 0 Å². The molecule has 3 N–H and O–H groups in total. The van der Waals surface area contributed by atoms with Crippen molar-refractivity contribution >= 4 is 12.0 Å². The van der Waals surface area contributed by atoms with E-state index in [1.54, 1.807) is 6.92 Å². The average Bonchev–Trinajstić information content (AvgIpc) is 3.05. The van der Waals surface area contributed by atoms with Crippen molar-refractivity contribution in [3.8, 4) is 0 Å². The molecule has 0 bridgehead atoms. The molecule has 1 atom stereocenters. The summed E-state index contributed by atoms with van der Waals surface area (Å²) >= 11 is 0. The van der Waals surface area contributed by atoms with Crippen molar-refractivity contribution in [2.45, 2.75) is 25.8 Å². The van der Waals surface area contributed by atoms with Crippen LogP contribution >= 0.6 is 0 Å². The molecule has 1 heterocycles. The maximum absolute atomic E-state index is 11.4. The predicted octanol–water partition coefficient (Wildman–Crippen LogP) is 1.00. The number of nitrogens with one attached hydrogen (secondary N) is 1. The maximum atomic E-state index is 11.4. The fourth-order valence-corrected chi connectivity index (χ4v) is 1.67. The van der Waals surface area contributed by atoms with Crippen molar-refractivity contribution in [2.24, 2.45) is 11.7 Å². The highest BCUT2D eigenvalue weighted by Crippen LogP contribution is 2.33. The fourth-order valence-electron chi connectivity index (χ4n) is 1.67. The van der Waals surface area contributed by atoms with E-state index in [0.29, 0.717) is 25.1 Å². The van der Waals surface area contributed by atoms with E-state index in [9.17, 15) is 4.79 Å². The number of oxazole rings is 1. The topological polar surface area (TPSA) is 90.4 Å². The summed E-state index contributed by atoms with van der Waals surface area (Å²) in [5, 5.41) is 3.10. The van der Waals surface area contributed by atoms with E-state index in [-0.39, 0.29) is 11.7 Å². The Morgan fingerprint density at radius 2 is 2.53 bits per heavy atom. The smallest absolute Gasteiger partial charge is 0.360 e. The van der Waals surface area contributed by atoms with Gasteiger partial charge in [-0.2, -0.15) is 4.98 Å². The van der Waals surface area contributed by atoms with Crippen LogP contribution in [0.5, 0.6) is 0 Å². The number of hydrogen-bond donors (Lipinski definition) is 2. The largest absolute Gasteiger partial charge is 0.461 e. The minimum Gasteiger partial charge on any atom is -0.461 e. The van der Waals surface area contributed by atoms with Crippen molar-refractivity contribution < 1.29 is 13.9 Å². The Morgan fingerprint density at radius 1 is 1.76 bits per heavy atom. The standard InChI is InChI=1S/C11H17N3O3/c1-2-16-10(15)9-6-17-11(14-9)13-8(5-12)7-3-4-7/h6-8H,2-5,12H2,1H3,(H,13,14). The van der Waals surface area contributed by atoms with E-state index >= 15 is 0 Å². The summed E-state index contributed by atoms with van der Waals surface area (Å²) < 4.78 is 9.98. The SMILES string of the molecule is CCOC(=O)c1coc(NC(CN)C2CC2)n1. The van der Waals surface area contributed by atoms with Crippen LogP contribution in [0.1, 0.15) is 30.3 Å². The second-order valence-electron chi connectivity index (χ2n) is 4.08. The Kier molecular flexibility index (Phi) is 3.63. The third kappa shape index (κ3) is 2.97. The molecule has 1 aliphatic carbocycles. The van der Waals surface area contributed by atoms with Crippen molar-refractivity contribution in [3.05, 3.63) is 12.0 Å². The lowest BCUT2D eigenvalue weighted by molar-refractivity contribution is 0.0519. The zero-order chi connectivity index (χ0) is 12.3. The van der Waals surface area contributed by atoms with Crippen molar-refractivity contribution in [3.63, 3.8) is 0 Å². The zero-order valence-electron chi connectivity index (χ0n) is 9.81. The lowest BCUT2D eigenvalue weighted by Crippen LogP contribution is -2.30. The van der Waals surface area contributed by atoms with Gasteiger partial charge in [-0.25, -0.2) is 4.79 Å². The number of aromatic nitrogens is 1. The number of hydrogen-bond acceptors (Lipinski definition) is 6. The first-order valence-electron chi connectivity index (χ1n) is 5.83. The molecule has 0 amide bonds. The van der Waals surface area contributed by atoms with E-state index < -0.39 is 5.97 Å². The maximum Gasteiger partial charge on any atom is 0.360 e. The Morgan fingerprint density at radius 3 is 3.12 bits per heavy atom. The molecule has 17 heavy (non-hydrogen) atoms. The molecule has 0 aromatic carbocycles. The summed E-state index contributed by atoms with van der Waals surface area (Å²) in [6.45, 7) is 2.60. The summed E-state index contributed by atoms with van der Waals surface area (Å²) in [7, 11) is 0. The first kappa shape index (κ1) is 11.9. The number of carbonyl (C=O) groups excluding carboxylic acids is 1. The van der Waals surface area contributed by atoms with Crippen LogP contribution in [-0.2, 0) is 4.74 Å². The molecule has 6 heteroatoms. The van der Waals surface area contributed by atoms with Crippen LogP contribution in [0.2, 0.25) is 0 Å². The normalized spacial score (nSPS) is 16.6.